The Morgan fingerprint density at radius 1 is 1.47 bits per heavy atom. The van der Waals surface area contributed by atoms with E-state index in [4.69, 9.17) is 9.84 Å². The number of ether oxygens (including phenoxy) is 1. The van der Waals surface area contributed by atoms with E-state index in [1.54, 1.807) is 24.1 Å². The number of hydrogen-bond donors (Lipinski definition) is 2. The third kappa shape index (κ3) is 3.66. The molecule has 1 aromatic rings. The highest BCUT2D eigenvalue weighted by Crippen LogP contribution is 2.22. The van der Waals surface area contributed by atoms with Gasteiger partial charge < -0.3 is 19.8 Å². The van der Waals surface area contributed by atoms with Gasteiger partial charge in [-0.3, -0.25) is 0 Å². The maximum atomic E-state index is 13.4. The van der Waals surface area contributed by atoms with Crippen LogP contribution in [0.15, 0.2) is 18.2 Å². The standard InChI is InChI=1S/C12H18FNO3/c1-14(6-9(16)8-17-2)12-5-3-4-11(13)10(12)7-15/h3-5,9,15-16H,6-8H2,1-2H3. The summed E-state index contributed by atoms with van der Waals surface area (Å²) >= 11 is 0. The highest BCUT2D eigenvalue weighted by atomic mass is 19.1. The molecule has 2 N–H and O–H groups in total. The fourth-order valence-corrected chi connectivity index (χ4v) is 1.72. The fourth-order valence-electron chi connectivity index (χ4n) is 1.72. The van der Waals surface area contributed by atoms with Gasteiger partial charge in [0, 0.05) is 32.0 Å². The van der Waals surface area contributed by atoms with Crippen molar-refractivity contribution < 1.29 is 19.3 Å². The molecule has 0 aliphatic rings. The van der Waals surface area contributed by atoms with Crippen LogP contribution in [0, 0.1) is 5.82 Å². The average Bonchev–Trinajstić information content (AvgIpc) is 2.28. The minimum absolute atomic E-state index is 0.216. The van der Waals surface area contributed by atoms with E-state index in [0.717, 1.165) is 0 Å². The van der Waals surface area contributed by atoms with Crippen molar-refractivity contribution in [1.29, 1.82) is 0 Å². The van der Waals surface area contributed by atoms with E-state index in [1.165, 1.54) is 13.2 Å². The van der Waals surface area contributed by atoms with E-state index >= 15 is 0 Å². The molecule has 1 rings (SSSR count). The van der Waals surface area contributed by atoms with E-state index in [-0.39, 0.29) is 18.8 Å². The molecule has 1 atom stereocenters. The van der Waals surface area contributed by atoms with E-state index in [1.807, 2.05) is 0 Å². The summed E-state index contributed by atoms with van der Waals surface area (Å²) in [5, 5.41) is 18.7. The molecular formula is C12H18FNO3. The van der Waals surface area contributed by atoms with Crippen LogP contribution in [0.25, 0.3) is 0 Å². The Morgan fingerprint density at radius 3 is 2.76 bits per heavy atom. The molecule has 17 heavy (non-hydrogen) atoms. The van der Waals surface area contributed by atoms with Gasteiger partial charge in [-0.05, 0) is 12.1 Å². The first-order valence-electron chi connectivity index (χ1n) is 5.36. The lowest BCUT2D eigenvalue weighted by Crippen LogP contribution is -2.32. The number of hydrogen-bond acceptors (Lipinski definition) is 4. The Balaban J connectivity index is 2.81. The molecule has 1 unspecified atom stereocenters. The van der Waals surface area contributed by atoms with Gasteiger partial charge >= 0.3 is 0 Å². The van der Waals surface area contributed by atoms with Gasteiger partial charge in [0.25, 0.3) is 0 Å². The first kappa shape index (κ1) is 13.9. The summed E-state index contributed by atoms with van der Waals surface area (Å²) in [6.07, 6.45) is -0.653. The minimum Gasteiger partial charge on any atom is -0.391 e. The zero-order valence-electron chi connectivity index (χ0n) is 10.1. The summed E-state index contributed by atoms with van der Waals surface area (Å²) in [7, 11) is 3.23. The SMILES string of the molecule is COCC(O)CN(C)c1cccc(F)c1CO. The van der Waals surface area contributed by atoms with Crippen LogP contribution in [0.1, 0.15) is 5.56 Å². The second kappa shape index (κ2) is 6.54. The van der Waals surface area contributed by atoms with Gasteiger partial charge in [-0.15, -0.1) is 0 Å². The first-order valence-corrected chi connectivity index (χ1v) is 5.36. The second-order valence-corrected chi connectivity index (χ2v) is 3.89. The lowest BCUT2D eigenvalue weighted by molar-refractivity contribution is 0.0694. The van der Waals surface area contributed by atoms with E-state index < -0.39 is 11.9 Å². The van der Waals surface area contributed by atoms with Gasteiger partial charge in [-0.1, -0.05) is 6.07 Å². The van der Waals surface area contributed by atoms with E-state index in [0.29, 0.717) is 12.2 Å². The summed E-state index contributed by atoms with van der Waals surface area (Å²) in [4.78, 5) is 1.69. The third-order valence-corrected chi connectivity index (χ3v) is 2.51. The molecule has 0 spiro atoms. The lowest BCUT2D eigenvalue weighted by Gasteiger charge is -2.24. The molecular weight excluding hydrogens is 225 g/mol. The number of likely N-dealkylation sites (N-methyl/N-ethyl adjacent to an activating group) is 1. The molecule has 0 aliphatic heterocycles. The number of halogens is 1. The third-order valence-electron chi connectivity index (χ3n) is 2.51. The molecule has 5 heteroatoms. The highest BCUT2D eigenvalue weighted by molar-refractivity contribution is 5.53. The summed E-state index contributed by atoms with van der Waals surface area (Å²) < 4.78 is 18.2. The van der Waals surface area contributed by atoms with E-state index in [2.05, 4.69) is 0 Å². The van der Waals surface area contributed by atoms with Gasteiger partial charge in [0.05, 0.1) is 19.3 Å². The van der Waals surface area contributed by atoms with Crippen molar-refractivity contribution in [1.82, 2.24) is 0 Å². The van der Waals surface area contributed by atoms with Crippen LogP contribution in [0.2, 0.25) is 0 Å². The Morgan fingerprint density at radius 2 is 2.18 bits per heavy atom. The maximum absolute atomic E-state index is 13.4. The molecule has 0 heterocycles. The predicted molar refractivity (Wildman–Crippen MR) is 63.5 cm³/mol. The van der Waals surface area contributed by atoms with Crippen LogP contribution >= 0.6 is 0 Å². The molecule has 0 bridgehead atoms. The normalized spacial score (nSPS) is 12.5. The van der Waals surface area contributed by atoms with Crippen molar-refractivity contribution in [3.63, 3.8) is 0 Å². The van der Waals surface area contributed by atoms with Crippen molar-refractivity contribution in [3.05, 3.63) is 29.6 Å². The summed E-state index contributed by atoms with van der Waals surface area (Å²) in [6, 6.07) is 4.58. The highest BCUT2D eigenvalue weighted by Gasteiger charge is 2.14. The Hall–Kier alpha value is -1.17. The molecule has 0 saturated carbocycles. The molecule has 96 valence electrons. The number of anilines is 1. The van der Waals surface area contributed by atoms with Crippen LogP contribution < -0.4 is 4.90 Å². The van der Waals surface area contributed by atoms with Crippen molar-refractivity contribution in [3.8, 4) is 0 Å². The van der Waals surface area contributed by atoms with Crippen LogP contribution in [0.3, 0.4) is 0 Å². The lowest BCUT2D eigenvalue weighted by atomic mass is 10.1. The van der Waals surface area contributed by atoms with Crippen LogP contribution in [0.4, 0.5) is 10.1 Å². The average molecular weight is 243 g/mol. The van der Waals surface area contributed by atoms with Crippen molar-refractivity contribution in [2.75, 3.05) is 32.2 Å². The van der Waals surface area contributed by atoms with Crippen LogP contribution in [-0.4, -0.2) is 43.6 Å². The topological polar surface area (TPSA) is 52.9 Å². The molecule has 4 nitrogen and oxygen atoms in total. The van der Waals surface area contributed by atoms with Crippen LogP contribution in [-0.2, 0) is 11.3 Å². The van der Waals surface area contributed by atoms with Gasteiger partial charge in [0.15, 0.2) is 0 Å². The number of nitrogens with zero attached hydrogens (tertiary/aromatic N) is 1. The minimum atomic E-state index is -0.653. The summed E-state index contributed by atoms with van der Waals surface area (Å²) in [5.41, 5.74) is 0.808. The van der Waals surface area contributed by atoms with Crippen molar-refractivity contribution in [2.45, 2.75) is 12.7 Å². The fraction of sp³-hybridized carbons (Fsp3) is 0.500. The van der Waals surface area contributed by atoms with Gasteiger partial charge in [-0.2, -0.15) is 0 Å². The number of aliphatic hydroxyl groups is 2. The number of methoxy groups -OCH3 is 1. The number of aliphatic hydroxyl groups excluding tert-OH is 2. The molecule has 0 saturated heterocycles. The Bertz CT molecular complexity index is 360. The van der Waals surface area contributed by atoms with Crippen molar-refractivity contribution >= 4 is 5.69 Å². The zero-order chi connectivity index (χ0) is 12.8. The molecule has 1 aromatic carbocycles. The molecule has 0 aliphatic carbocycles. The Labute approximate surface area is 100 Å². The summed E-state index contributed by atoms with van der Waals surface area (Å²) in [6.45, 7) is 0.158. The predicted octanol–water partition coefficient (Wildman–Crippen LogP) is 0.762. The molecule has 0 fully saturated rings. The first-order chi connectivity index (χ1) is 8.10. The zero-order valence-corrected chi connectivity index (χ0v) is 10.1. The van der Waals surface area contributed by atoms with Gasteiger partial charge in [0.2, 0.25) is 0 Å². The van der Waals surface area contributed by atoms with Gasteiger partial charge in [-0.25, -0.2) is 4.39 Å². The Kier molecular flexibility index (Phi) is 5.34. The summed E-state index contributed by atoms with van der Waals surface area (Å²) in [5.74, 6) is -0.446. The maximum Gasteiger partial charge on any atom is 0.130 e. The van der Waals surface area contributed by atoms with E-state index in [9.17, 15) is 9.50 Å². The quantitative estimate of drug-likeness (QED) is 0.774. The monoisotopic (exact) mass is 243 g/mol. The smallest absolute Gasteiger partial charge is 0.130 e. The second-order valence-electron chi connectivity index (χ2n) is 3.89. The largest absolute Gasteiger partial charge is 0.391 e. The van der Waals surface area contributed by atoms with Crippen LogP contribution in [0.5, 0.6) is 0 Å². The molecule has 0 aromatic heterocycles. The number of rotatable bonds is 6. The molecule has 0 radical (unpaired) electrons. The number of benzene rings is 1. The van der Waals surface area contributed by atoms with Crippen molar-refractivity contribution in [2.24, 2.45) is 0 Å². The van der Waals surface area contributed by atoms with Gasteiger partial charge in [0.1, 0.15) is 5.82 Å². The molecule has 0 amide bonds.